The molecule has 0 saturated carbocycles. The second-order valence-corrected chi connectivity index (χ2v) is 5.62. The highest BCUT2D eigenvalue weighted by atomic mass is 35.5. The molecule has 0 aliphatic heterocycles. The molecule has 5 nitrogen and oxygen atoms in total. The number of aromatic nitrogens is 4. The van der Waals surface area contributed by atoms with E-state index < -0.39 is 0 Å². The van der Waals surface area contributed by atoms with E-state index in [0.717, 1.165) is 15.8 Å². The summed E-state index contributed by atoms with van der Waals surface area (Å²) in [6.07, 6.45) is 0. The number of fused-ring (bicyclic) bond motifs is 3. The van der Waals surface area contributed by atoms with E-state index in [4.69, 9.17) is 11.6 Å². The first-order valence-electron chi connectivity index (χ1n) is 5.84. The van der Waals surface area contributed by atoms with E-state index >= 15 is 0 Å². The van der Waals surface area contributed by atoms with E-state index in [-0.39, 0.29) is 5.69 Å². The van der Waals surface area contributed by atoms with Gasteiger partial charge < -0.3 is 4.98 Å². The summed E-state index contributed by atoms with van der Waals surface area (Å²) in [5.74, 6) is 0.507. The molecule has 98 valence electrons. The molecule has 0 bridgehead atoms. The molecular weight excluding hydrogens is 296 g/mol. The van der Waals surface area contributed by atoms with Crippen LogP contribution in [0, 0.1) is 0 Å². The number of hydrogen-bond acceptors (Lipinski definition) is 4. The minimum atomic E-state index is -0.293. The lowest BCUT2D eigenvalue weighted by atomic mass is 10.2. The number of nitrogens with zero attached hydrogens (tertiary/aromatic N) is 3. The highest BCUT2D eigenvalue weighted by Gasteiger charge is 2.12. The van der Waals surface area contributed by atoms with E-state index in [9.17, 15) is 4.79 Å². The van der Waals surface area contributed by atoms with Gasteiger partial charge in [0.05, 0.1) is 10.2 Å². The molecule has 4 aromatic rings. The molecule has 3 aromatic heterocycles. The quantitative estimate of drug-likeness (QED) is 0.588. The van der Waals surface area contributed by atoms with Crippen molar-refractivity contribution in [3.8, 4) is 11.4 Å². The zero-order valence-electron chi connectivity index (χ0n) is 10.0. The average molecular weight is 303 g/mol. The summed E-state index contributed by atoms with van der Waals surface area (Å²) in [7, 11) is 0. The van der Waals surface area contributed by atoms with Crippen LogP contribution in [-0.4, -0.2) is 19.6 Å². The van der Waals surface area contributed by atoms with Crippen molar-refractivity contribution >= 4 is 38.8 Å². The van der Waals surface area contributed by atoms with Crippen LogP contribution in [0.3, 0.4) is 0 Å². The Morgan fingerprint density at radius 3 is 2.80 bits per heavy atom. The predicted molar refractivity (Wildman–Crippen MR) is 79.4 cm³/mol. The Morgan fingerprint density at radius 1 is 1.20 bits per heavy atom. The topological polar surface area (TPSA) is 63.0 Å². The summed E-state index contributed by atoms with van der Waals surface area (Å²) in [6.45, 7) is 0. The van der Waals surface area contributed by atoms with Crippen LogP contribution in [0.25, 0.3) is 27.3 Å². The Morgan fingerprint density at radius 2 is 2.00 bits per heavy atom. The monoisotopic (exact) mass is 302 g/mol. The third-order valence-corrected chi connectivity index (χ3v) is 4.17. The summed E-state index contributed by atoms with van der Waals surface area (Å²) >= 11 is 7.39. The van der Waals surface area contributed by atoms with Gasteiger partial charge in [-0.15, -0.1) is 16.4 Å². The average Bonchev–Trinajstić information content (AvgIpc) is 3.05. The Balaban J connectivity index is 2.05. The summed E-state index contributed by atoms with van der Waals surface area (Å²) in [5.41, 5.74) is 1.88. The molecule has 0 saturated heterocycles. The van der Waals surface area contributed by atoms with Crippen molar-refractivity contribution in [2.24, 2.45) is 0 Å². The summed E-state index contributed by atoms with van der Waals surface area (Å²) < 4.78 is 2.21. The van der Waals surface area contributed by atoms with Crippen LogP contribution < -0.4 is 5.69 Å². The van der Waals surface area contributed by atoms with Crippen molar-refractivity contribution in [3.63, 3.8) is 0 Å². The Hall–Kier alpha value is -2.18. The summed E-state index contributed by atoms with van der Waals surface area (Å²) in [4.78, 5) is 19.2. The fourth-order valence-electron chi connectivity index (χ4n) is 2.07. The Labute approximate surface area is 121 Å². The van der Waals surface area contributed by atoms with Crippen molar-refractivity contribution in [2.45, 2.75) is 0 Å². The van der Waals surface area contributed by atoms with Gasteiger partial charge >= 0.3 is 5.69 Å². The number of rotatable bonds is 1. The molecule has 20 heavy (non-hydrogen) atoms. The van der Waals surface area contributed by atoms with Gasteiger partial charge in [-0.05, 0) is 35.7 Å². The lowest BCUT2D eigenvalue weighted by Gasteiger charge is -1.93. The lowest BCUT2D eigenvalue weighted by molar-refractivity contribution is 0.886. The first-order valence-corrected chi connectivity index (χ1v) is 7.10. The van der Waals surface area contributed by atoms with Gasteiger partial charge in [-0.25, -0.2) is 9.78 Å². The first-order chi connectivity index (χ1) is 9.72. The smallest absolute Gasteiger partial charge is 0.304 e. The van der Waals surface area contributed by atoms with Crippen LogP contribution in [0.4, 0.5) is 0 Å². The normalized spacial score (nSPS) is 11.4. The fourth-order valence-corrected chi connectivity index (χ4v) is 3.02. The van der Waals surface area contributed by atoms with Crippen molar-refractivity contribution < 1.29 is 0 Å². The molecule has 1 aromatic carbocycles. The SMILES string of the molecule is O=c1[nH]c2ccsc2c2nc(-c3ccc(Cl)cc3)nn12. The number of H-pyrrole nitrogens is 1. The minimum Gasteiger partial charge on any atom is -0.304 e. The van der Waals surface area contributed by atoms with E-state index in [0.29, 0.717) is 16.5 Å². The predicted octanol–water partition coefficient (Wildman–Crippen LogP) is 2.95. The van der Waals surface area contributed by atoms with E-state index in [1.54, 1.807) is 12.1 Å². The molecule has 0 aliphatic carbocycles. The lowest BCUT2D eigenvalue weighted by Crippen LogP contribution is -2.16. The number of nitrogens with one attached hydrogen (secondary N) is 1. The Kier molecular flexibility index (Phi) is 2.42. The number of hydrogen-bond donors (Lipinski definition) is 1. The van der Waals surface area contributed by atoms with Gasteiger partial charge in [0.1, 0.15) is 0 Å². The van der Waals surface area contributed by atoms with E-state index in [1.165, 1.54) is 15.9 Å². The second kappa shape index (κ2) is 4.16. The van der Waals surface area contributed by atoms with Crippen molar-refractivity contribution in [3.05, 3.63) is 51.2 Å². The fraction of sp³-hybridized carbons (Fsp3) is 0. The van der Waals surface area contributed by atoms with Crippen molar-refractivity contribution in [1.29, 1.82) is 0 Å². The number of aromatic amines is 1. The minimum absolute atomic E-state index is 0.293. The molecule has 0 amide bonds. The van der Waals surface area contributed by atoms with Gasteiger partial charge in [0.2, 0.25) is 0 Å². The standard InChI is InChI=1S/C13H7ClN4OS/c14-8-3-1-7(2-4-8)11-16-12-10-9(5-6-20-10)15-13(19)18(12)17-11/h1-6H,(H,15,19). The maximum atomic E-state index is 12.0. The van der Waals surface area contributed by atoms with Crippen LogP contribution in [0.15, 0.2) is 40.5 Å². The van der Waals surface area contributed by atoms with E-state index in [2.05, 4.69) is 15.1 Å². The molecule has 0 atom stereocenters. The molecular formula is C13H7ClN4OS. The van der Waals surface area contributed by atoms with Crippen molar-refractivity contribution in [1.82, 2.24) is 19.6 Å². The summed E-state index contributed by atoms with van der Waals surface area (Å²) in [5, 5.41) is 6.83. The molecule has 0 radical (unpaired) electrons. The highest BCUT2D eigenvalue weighted by Crippen LogP contribution is 2.24. The molecule has 0 fully saturated rings. The second-order valence-electron chi connectivity index (χ2n) is 4.27. The molecule has 3 heterocycles. The number of thiophene rings is 1. The molecule has 4 rings (SSSR count). The molecule has 0 aliphatic rings. The number of halogens is 1. The van der Waals surface area contributed by atoms with Gasteiger partial charge in [-0.2, -0.15) is 4.52 Å². The van der Waals surface area contributed by atoms with Gasteiger partial charge in [-0.3, -0.25) is 0 Å². The Bertz CT molecular complexity index is 983. The van der Waals surface area contributed by atoms with Gasteiger partial charge in [-0.1, -0.05) is 11.6 Å². The number of benzene rings is 1. The highest BCUT2D eigenvalue weighted by molar-refractivity contribution is 7.17. The molecule has 7 heteroatoms. The summed E-state index contributed by atoms with van der Waals surface area (Å²) in [6, 6.07) is 9.06. The zero-order valence-corrected chi connectivity index (χ0v) is 11.6. The third-order valence-electron chi connectivity index (χ3n) is 3.01. The van der Waals surface area contributed by atoms with Gasteiger partial charge in [0.25, 0.3) is 0 Å². The zero-order chi connectivity index (χ0) is 13.7. The maximum absolute atomic E-state index is 12.0. The third kappa shape index (κ3) is 1.65. The van der Waals surface area contributed by atoms with Gasteiger partial charge in [0.15, 0.2) is 11.5 Å². The van der Waals surface area contributed by atoms with Crippen LogP contribution in [-0.2, 0) is 0 Å². The largest absolute Gasteiger partial charge is 0.348 e. The van der Waals surface area contributed by atoms with Gasteiger partial charge in [0, 0.05) is 10.6 Å². The van der Waals surface area contributed by atoms with Crippen LogP contribution in [0.5, 0.6) is 0 Å². The van der Waals surface area contributed by atoms with Crippen molar-refractivity contribution in [2.75, 3.05) is 0 Å². The van der Waals surface area contributed by atoms with Crippen LogP contribution >= 0.6 is 22.9 Å². The first kappa shape index (κ1) is 11.6. The van der Waals surface area contributed by atoms with Crippen LogP contribution in [0.2, 0.25) is 5.02 Å². The molecule has 0 spiro atoms. The molecule has 0 unspecified atom stereocenters. The van der Waals surface area contributed by atoms with Crippen LogP contribution in [0.1, 0.15) is 0 Å². The maximum Gasteiger partial charge on any atom is 0.348 e. The van der Waals surface area contributed by atoms with E-state index in [1.807, 2.05) is 23.6 Å². The molecule has 1 N–H and O–H groups in total.